The van der Waals surface area contributed by atoms with Crippen molar-refractivity contribution in [2.24, 2.45) is 4.99 Å². The highest BCUT2D eigenvalue weighted by Crippen LogP contribution is 2.17. The van der Waals surface area contributed by atoms with Crippen molar-refractivity contribution in [3.63, 3.8) is 0 Å². The molecular weight excluding hydrogens is 364 g/mol. The fourth-order valence-corrected chi connectivity index (χ4v) is 3.52. The number of aromatic nitrogens is 2. The van der Waals surface area contributed by atoms with Gasteiger partial charge in [0.15, 0.2) is 0 Å². The van der Waals surface area contributed by atoms with Crippen molar-refractivity contribution in [1.82, 2.24) is 14.5 Å². The normalized spacial score (nSPS) is 17.5. The molecule has 148 valence electrons. The SMILES string of the molecule is CCN1C(=NC(=O)c2ccccc2)OC[C@@H]1Cc1cn(Cc2ccccc2)cn1. The molecule has 0 saturated carbocycles. The highest BCUT2D eigenvalue weighted by Gasteiger charge is 2.31. The Balaban J connectivity index is 1.42. The summed E-state index contributed by atoms with van der Waals surface area (Å²) in [5.74, 6) is -0.285. The molecule has 6 nitrogen and oxygen atoms in total. The molecule has 0 bridgehead atoms. The number of amides is 1. The van der Waals surface area contributed by atoms with Gasteiger partial charge in [0.25, 0.3) is 11.9 Å². The largest absolute Gasteiger partial charge is 0.463 e. The number of hydrogen-bond acceptors (Lipinski definition) is 3. The van der Waals surface area contributed by atoms with Crippen LogP contribution < -0.4 is 0 Å². The van der Waals surface area contributed by atoms with Gasteiger partial charge in [0.1, 0.15) is 6.61 Å². The molecule has 1 aliphatic heterocycles. The van der Waals surface area contributed by atoms with Crippen LogP contribution in [0.1, 0.15) is 28.5 Å². The second-order valence-electron chi connectivity index (χ2n) is 7.04. The first-order valence-corrected chi connectivity index (χ1v) is 9.85. The topological polar surface area (TPSA) is 59.7 Å². The van der Waals surface area contributed by atoms with Gasteiger partial charge in [-0.05, 0) is 24.6 Å². The van der Waals surface area contributed by atoms with E-state index in [1.165, 1.54) is 5.56 Å². The summed E-state index contributed by atoms with van der Waals surface area (Å²) in [6, 6.07) is 19.9. The molecule has 2 heterocycles. The lowest BCUT2D eigenvalue weighted by atomic mass is 10.1. The maximum Gasteiger partial charge on any atom is 0.295 e. The molecule has 2 aromatic carbocycles. The molecule has 0 unspecified atom stereocenters. The van der Waals surface area contributed by atoms with E-state index in [1.54, 1.807) is 12.1 Å². The minimum Gasteiger partial charge on any atom is -0.463 e. The zero-order valence-electron chi connectivity index (χ0n) is 16.4. The molecule has 1 aliphatic rings. The molecule has 1 aromatic heterocycles. The van der Waals surface area contributed by atoms with Crippen molar-refractivity contribution in [2.45, 2.75) is 25.9 Å². The van der Waals surface area contributed by atoms with Gasteiger partial charge in [-0.25, -0.2) is 4.98 Å². The van der Waals surface area contributed by atoms with Crippen molar-refractivity contribution < 1.29 is 9.53 Å². The van der Waals surface area contributed by atoms with E-state index in [9.17, 15) is 4.79 Å². The van der Waals surface area contributed by atoms with Crippen LogP contribution >= 0.6 is 0 Å². The maximum atomic E-state index is 12.4. The van der Waals surface area contributed by atoms with E-state index >= 15 is 0 Å². The summed E-state index contributed by atoms with van der Waals surface area (Å²) < 4.78 is 7.84. The molecule has 0 N–H and O–H groups in total. The van der Waals surface area contributed by atoms with Crippen LogP contribution in [-0.4, -0.2) is 45.6 Å². The number of ether oxygens (including phenoxy) is 1. The summed E-state index contributed by atoms with van der Waals surface area (Å²) >= 11 is 0. The van der Waals surface area contributed by atoms with Gasteiger partial charge in [0.05, 0.1) is 18.1 Å². The molecule has 29 heavy (non-hydrogen) atoms. The van der Waals surface area contributed by atoms with Gasteiger partial charge in [0.2, 0.25) is 0 Å². The Labute approximate surface area is 170 Å². The van der Waals surface area contributed by atoms with E-state index in [2.05, 4.69) is 32.9 Å². The first-order valence-electron chi connectivity index (χ1n) is 9.85. The number of aliphatic imine (C=N–C) groups is 1. The summed E-state index contributed by atoms with van der Waals surface area (Å²) in [5.41, 5.74) is 2.80. The van der Waals surface area contributed by atoms with E-state index in [0.29, 0.717) is 18.2 Å². The van der Waals surface area contributed by atoms with Crippen molar-refractivity contribution >= 4 is 11.9 Å². The summed E-state index contributed by atoms with van der Waals surface area (Å²) in [7, 11) is 0. The van der Waals surface area contributed by atoms with Crippen LogP contribution in [0.2, 0.25) is 0 Å². The van der Waals surface area contributed by atoms with Crippen molar-refractivity contribution in [3.05, 3.63) is 90.0 Å². The Hall–Kier alpha value is -3.41. The number of likely N-dealkylation sites (N-methyl/N-ethyl adjacent to an activating group) is 1. The predicted octanol–water partition coefficient (Wildman–Crippen LogP) is 3.39. The van der Waals surface area contributed by atoms with Gasteiger partial charge >= 0.3 is 0 Å². The van der Waals surface area contributed by atoms with Gasteiger partial charge in [-0.3, -0.25) is 4.79 Å². The van der Waals surface area contributed by atoms with Crippen molar-refractivity contribution in [3.8, 4) is 0 Å². The molecule has 1 amide bonds. The number of hydrogen-bond donors (Lipinski definition) is 0. The minimum atomic E-state index is -0.285. The minimum absolute atomic E-state index is 0.113. The predicted molar refractivity (Wildman–Crippen MR) is 112 cm³/mol. The Bertz CT molecular complexity index is 982. The van der Waals surface area contributed by atoms with Crippen LogP contribution in [0.4, 0.5) is 0 Å². The molecule has 1 saturated heterocycles. The number of carbonyl (C=O) groups is 1. The maximum absolute atomic E-state index is 12.4. The lowest BCUT2D eigenvalue weighted by Gasteiger charge is -2.20. The second-order valence-corrected chi connectivity index (χ2v) is 7.04. The van der Waals surface area contributed by atoms with Gasteiger partial charge in [0, 0.05) is 31.3 Å². The van der Waals surface area contributed by atoms with E-state index in [1.807, 2.05) is 54.5 Å². The van der Waals surface area contributed by atoms with Gasteiger partial charge in [-0.1, -0.05) is 48.5 Å². The smallest absolute Gasteiger partial charge is 0.295 e. The standard InChI is InChI=1S/C23H24N4O2/c1-2-27-21(16-29-23(27)25-22(28)19-11-7-4-8-12-19)13-20-15-26(17-24-20)14-18-9-5-3-6-10-18/h3-12,15,17,21H,2,13-14,16H2,1H3/t21-/m0/s1. The Morgan fingerprint density at radius 1 is 1.14 bits per heavy atom. The van der Waals surface area contributed by atoms with Crippen LogP contribution in [0, 0.1) is 0 Å². The Morgan fingerprint density at radius 3 is 2.59 bits per heavy atom. The molecule has 3 aromatic rings. The molecule has 0 spiro atoms. The zero-order valence-corrected chi connectivity index (χ0v) is 16.4. The highest BCUT2D eigenvalue weighted by molar-refractivity contribution is 6.01. The summed E-state index contributed by atoms with van der Waals surface area (Å²) in [6.45, 7) is 4.06. The van der Waals surface area contributed by atoms with Crippen LogP contribution in [0.15, 0.2) is 78.2 Å². The zero-order chi connectivity index (χ0) is 20.1. The molecule has 0 radical (unpaired) electrons. The number of rotatable bonds is 6. The van der Waals surface area contributed by atoms with Crippen LogP contribution in [0.3, 0.4) is 0 Å². The molecule has 1 atom stereocenters. The molecule has 4 rings (SSSR count). The fourth-order valence-electron chi connectivity index (χ4n) is 3.52. The average molecular weight is 388 g/mol. The lowest BCUT2D eigenvalue weighted by molar-refractivity contribution is 0.0998. The summed E-state index contributed by atoms with van der Waals surface area (Å²) in [6.07, 6.45) is 4.68. The van der Waals surface area contributed by atoms with Crippen LogP contribution in [0.5, 0.6) is 0 Å². The van der Waals surface area contributed by atoms with Crippen molar-refractivity contribution in [1.29, 1.82) is 0 Å². The molecule has 1 fully saturated rings. The number of benzene rings is 2. The third kappa shape index (κ3) is 4.54. The van der Waals surface area contributed by atoms with E-state index in [0.717, 1.165) is 25.2 Å². The Kier molecular flexibility index (Phi) is 5.70. The number of imidazole rings is 1. The third-order valence-electron chi connectivity index (χ3n) is 4.99. The molecular formula is C23H24N4O2. The van der Waals surface area contributed by atoms with Crippen LogP contribution in [0.25, 0.3) is 0 Å². The van der Waals surface area contributed by atoms with Gasteiger partial charge < -0.3 is 14.2 Å². The first-order chi connectivity index (χ1) is 14.2. The van der Waals surface area contributed by atoms with Gasteiger partial charge in [-0.2, -0.15) is 4.99 Å². The summed E-state index contributed by atoms with van der Waals surface area (Å²) in [4.78, 5) is 23.2. The quantitative estimate of drug-likeness (QED) is 0.649. The number of carbonyl (C=O) groups excluding carboxylic acids is 1. The summed E-state index contributed by atoms with van der Waals surface area (Å²) in [5, 5.41) is 0. The molecule has 6 heteroatoms. The van der Waals surface area contributed by atoms with Crippen LogP contribution in [-0.2, 0) is 17.7 Å². The first kappa shape index (κ1) is 18.9. The number of amidine groups is 1. The van der Waals surface area contributed by atoms with E-state index < -0.39 is 0 Å². The Morgan fingerprint density at radius 2 is 1.86 bits per heavy atom. The van der Waals surface area contributed by atoms with Crippen molar-refractivity contribution in [2.75, 3.05) is 13.2 Å². The van der Waals surface area contributed by atoms with Gasteiger partial charge in [-0.15, -0.1) is 0 Å². The lowest BCUT2D eigenvalue weighted by Crippen LogP contribution is -2.36. The second kappa shape index (κ2) is 8.73. The monoisotopic (exact) mass is 388 g/mol. The van der Waals surface area contributed by atoms with E-state index in [-0.39, 0.29) is 11.9 Å². The highest BCUT2D eigenvalue weighted by atomic mass is 16.5. The fraction of sp³-hybridized carbons (Fsp3) is 0.261. The average Bonchev–Trinajstić information content (AvgIpc) is 3.36. The third-order valence-corrected chi connectivity index (χ3v) is 4.99. The molecule has 0 aliphatic carbocycles. The van der Waals surface area contributed by atoms with E-state index in [4.69, 9.17) is 4.74 Å². The number of nitrogens with zero attached hydrogens (tertiary/aromatic N) is 4.